The maximum absolute atomic E-state index is 12.9. The van der Waals surface area contributed by atoms with E-state index in [1.807, 2.05) is 12.2 Å². The Morgan fingerprint density at radius 1 is 0.400 bits per heavy atom. The second kappa shape index (κ2) is 51.2. The van der Waals surface area contributed by atoms with Crippen LogP contribution in [-0.4, -0.2) is 66.5 Å². The van der Waals surface area contributed by atoms with Crippen LogP contribution in [0.2, 0.25) is 0 Å². The van der Waals surface area contributed by atoms with Gasteiger partial charge in [0.15, 0.2) is 6.10 Å². The summed E-state index contributed by atoms with van der Waals surface area (Å²) in [7, 11) is -4.78. The number of phosphoric ester groups is 1. The Hall–Kier alpha value is -4.12. The van der Waals surface area contributed by atoms with Gasteiger partial charge in [0.1, 0.15) is 12.7 Å². The van der Waals surface area contributed by atoms with E-state index in [0.29, 0.717) is 19.3 Å². The van der Waals surface area contributed by atoms with Gasteiger partial charge >= 0.3 is 25.7 Å². The summed E-state index contributed by atoms with van der Waals surface area (Å²) in [5, 5.41) is 9.77. The molecule has 0 fully saturated rings. The second-order valence-corrected chi connectivity index (χ2v) is 18.3. The second-order valence-electron chi connectivity index (χ2n) is 16.9. The van der Waals surface area contributed by atoms with Crippen LogP contribution in [-0.2, 0) is 42.2 Å². The molecule has 0 aliphatic rings. The van der Waals surface area contributed by atoms with Gasteiger partial charge in [-0.05, 0) is 109 Å². The molecule has 0 spiro atoms. The lowest BCUT2D eigenvalue weighted by Crippen LogP contribution is -2.30. The standard InChI is InChI=1S/C58H93O11P/c1-4-7-10-13-16-19-22-25-26-27-28-31-32-35-38-41-44-47-56(60)65-51-55(69-58(62)49-46-43-40-37-34-30-24-21-18-15-12-9-6-3)53-67-70(63,64)66-52-54(50-59)68-57(61)48-45-42-39-36-33-29-23-20-17-14-11-8-5-2/h7-12,16-21,25-26,29-30,33-34,40,43,54-55,59H,4-6,13-15,22-24,27-28,31-32,35-39,41-42,44-53H2,1-3H3,(H,63,64)/b10-7-,11-8-,12-9-,19-16-,20-17-,21-18-,26-25-,33-29-,34-30-,43-40-. The van der Waals surface area contributed by atoms with E-state index in [4.69, 9.17) is 23.3 Å². The zero-order valence-corrected chi connectivity index (χ0v) is 44.3. The molecule has 0 amide bonds. The quantitative estimate of drug-likeness (QED) is 0.0197. The summed E-state index contributed by atoms with van der Waals surface area (Å²) in [5.74, 6) is -1.62. The number of aliphatic hydroxyl groups is 1. The van der Waals surface area contributed by atoms with Crippen molar-refractivity contribution in [2.24, 2.45) is 0 Å². The Kier molecular flexibility index (Phi) is 48.2. The number of carbonyl (C=O) groups is 3. The highest BCUT2D eigenvalue weighted by Gasteiger charge is 2.28. The molecule has 2 N–H and O–H groups in total. The molecule has 0 aromatic heterocycles. The van der Waals surface area contributed by atoms with Crippen LogP contribution >= 0.6 is 7.82 Å². The van der Waals surface area contributed by atoms with Gasteiger partial charge in [-0.3, -0.25) is 23.4 Å². The van der Waals surface area contributed by atoms with Crippen LogP contribution in [0.4, 0.5) is 0 Å². The third kappa shape index (κ3) is 48.9. The molecule has 3 unspecified atom stereocenters. The molecule has 0 heterocycles. The largest absolute Gasteiger partial charge is 0.472 e. The number of hydrogen-bond donors (Lipinski definition) is 2. The molecule has 0 bridgehead atoms. The number of unbranched alkanes of at least 4 members (excludes halogenated alkanes) is 10. The Morgan fingerprint density at radius 2 is 0.729 bits per heavy atom. The molecule has 0 aromatic rings. The van der Waals surface area contributed by atoms with Crippen LogP contribution in [0.15, 0.2) is 122 Å². The third-order valence-corrected chi connectivity index (χ3v) is 11.3. The molecule has 0 saturated heterocycles. The lowest BCUT2D eigenvalue weighted by molar-refractivity contribution is -0.161. The normalized spacial score (nSPS) is 14.4. The molecule has 0 radical (unpaired) electrons. The van der Waals surface area contributed by atoms with Gasteiger partial charge in [-0.1, -0.05) is 181 Å². The molecule has 70 heavy (non-hydrogen) atoms. The first-order valence-corrected chi connectivity index (χ1v) is 27.9. The van der Waals surface area contributed by atoms with E-state index in [0.717, 1.165) is 122 Å². The van der Waals surface area contributed by atoms with Crippen molar-refractivity contribution in [1.82, 2.24) is 0 Å². The fourth-order valence-electron chi connectivity index (χ4n) is 6.46. The van der Waals surface area contributed by atoms with Gasteiger partial charge in [0.25, 0.3) is 0 Å². The Balaban J connectivity index is 4.86. The predicted molar refractivity (Wildman–Crippen MR) is 288 cm³/mol. The fourth-order valence-corrected chi connectivity index (χ4v) is 7.24. The first kappa shape index (κ1) is 65.9. The maximum Gasteiger partial charge on any atom is 0.472 e. The highest BCUT2D eigenvalue weighted by Crippen LogP contribution is 2.43. The molecule has 11 nitrogen and oxygen atoms in total. The summed E-state index contributed by atoms with van der Waals surface area (Å²) in [6, 6.07) is 0. The van der Waals surface area contributed by atoms with Gasteiger partial charge < -0.3 is 24.2 Å². The highest BCUT2D eigenvalue weighted by atomic mass is 31.2. The lowest BCUT2D eigenvalue weighted by atomic mass is 10.1. The smallest absolute Gasteiger partial charge is 0.462 e. The summed E-state index contributed by atoms with van der Waals surface area (Å²) in [6.07, 6.45) is 61.9. The average Bonchev–Trinajstić information content (AvgIpc) is 3.35. The van der Waals surface area contributed by atoms with E-state index >= 15 is 0 Å². The lowest BCUT2D eigenvalue weighted by Gasteiger charge is -2.21. The predicted octanol–water partition coefficient (Wildman–Crippen LogP) is 15.2. The van der Waals surface area contributed by atoms with Crippen molar-refractivity contribution in [2.75, 3.05) is 26.4 Å². The van der Waals surface area contributed by atoms with E-state index in [2.05, 4.69) is 130 Å². The van der Waals surface area contributed by atoms with Crippen LogP contribution in [0.25, 0.3) is 0 Å². The van der Waals surface area contributed by atoms with Gasteiger partial charge in [0, 0.05) is 19.3 Å². The van der Waals surface area contributed by atoms with Gasteiger partial charge in [-0.15, -0.1) is 0 Å². The zero-order chi connectivity index (χ0) is 51.3. The van der Waals surface area contributed by atoms with Crippen molar-refractivity contribution >= 4 is 25.7 Å². The zero-order valence-electron chi connectivity index (χ0n) is 43.4. The van der Waals surface area contributed by atoms with Crippen LogP contribution < -0.4 is 0 Å². The molecule has 0 aliphatic carbocycles. The van der Waals surface area contributed by atoms with E-state index in [1.54, 1.807) is 0 Å². The maximum atomic E-state index is 12.9. The van der Waals surface area contributed by atoms with Crippen LogP contribution in [0.5, 0.6) is 0 Å². The van der Waals surface area contributed by atoms with Crippen molar-refractivity contribution in [3.05, 3.63) is 122 Å². The molecule has 0 rings (SSSR count). The summed E-state index contributed by atoms with van der Waals surface area (Å²) in [4.78, 5) is 48.3. The Morgan fingerprint density at radius 3 is 1.17 bits per heavy atom. The third-order valence-electron chi connectivity index (χ3n) is 10.4. The minimum atomic E-state index is -4.78. The summed E-state index contributed by atoms with van der Waals surface area (Å²) < 4.78 is 39.2. The monoisotopic (exact) mass is 997 g/mol. The first-order chi connectivity index (χ1) is 34.2. The first-order valence-electron chi connectivity index (χ1n) is 26.4. The summed E-state index contributed by atoms with van der Waals surface area (Å²) >= 11 is 0. The van der Waals surface area contributed by atoms with Crippen molar-refractivity contribution in [1.29, 1.82) is 0 Å². The molecule has 0 aliphatic heterocycles. The van der Waals surface area contributed by atoms with Crippen molar-refractivity contribution in [3.8, 4) is 0 Å². The molecule has 396 valence electrons. The topological polar surface area (TPSA) is 155 Å². The molecular formula is C58H93O11P. The summed E-state index contributed by atoms with van der Waals surface area (Å²) in [6.45, 7) is 4.14. The van der Waals surface area contributed by atoms with Crippen molar-refractivity contribution < 1.29 is 52.2 Å². The highest BCUT2D eigenvalue weighted by molar-refractivity contribution is 7.47. The van der Waals surface area contributed by atoms with Crippen molar-refractivity contribution in [2.45, 2.75) is 200 Å². The van der Waals surface area contributed by atoms with Gasteiger partial charge in [-0.2, -0.15) is 0 Å². The SMILES string of the molecule is CC/C=C\C/C=C\C/C=C\C/C=C\CCC(=O)OC(COC(=O)CCCCCCCCC/C=C\C/C=C\C/C=C\CC)COP(=O)(O)OCC(CO)OC(=O)CCCCC/C=C\C/C=C\C/C=C\CC. The Labute approximate surface area is 424 Å². The van der Waals surface area contributed by atoms with E-state index in [-0.39, 0.29) is 25.9 Å². The Bertz CT molecular complexity index is 1630. The van der Waals surface area contributed by atoms with Crippen LogP contribution in [0.1, 0.15) is 188 Å². The molecule has 0 aromatic carbocycles. The average molecular weight is 997 g/mol. The number of hydrogen-bond acceptors (Lipinski definition) is 10. The molecule has 3 atom stereocenters. The fraction of sp³-hybridized carbons (Fsp3) is 0.603. The number of ether oxygens (including phenoxy) is 3. The number of carbonyl (C=O) groups excluding carboxylic acids is 3. The van der Waals surface area contributed by atoms with Crippen LogP contribution in [0, 0.1) is 0 Å². The number of esters is 3. The molecule has 12 heteroatoms. The minimum absolute atomic E-state index is 0.0354. The summed E-state index contributed by atoms with van der Waals surface area (Å²) in [5.41, 5.74) is 0. The van der Waals surface area contributed by atoms with E-state index < -0.39 is 57.8 Å². The molecule has 0 saturated carbocycles. The van der Waals surface area contributed by atoms with Gasteiger partial charge in [-0.25, -0.2) is 4.57 Å². The van der Waals surface area contributed by atoms with Gasteiger partial charge in [0.05, 0.1) is 19.8 Å². The van der Waals surface area contributed by atoms with Crippen molar-refractivity contribution in [3.63, 3.8) is 0 Å². The number of rotatable bonds is 47. The van der Waals surface area contributed by atoms with E-state index in [9.17, 15) is 28.9 Å². The van der Waals surface area contributed by atoms with Gasteiger partial charge in [0.2, 0.25) is 0 Å². The number of phosphoric acid groups is 1. The van der Waals surface area contributed by atoms with E-state index in [1.165, 1.54) is 6.42 Å². The number of allylic oxidation sites excluding steroid dienone is 20. The molecular weight excluding hydrogens is 904 g/mol. The number of aliphatic hydroxyl groups excluding tert-OH is 1. The van der Waals surface area contributed by atoms with Crippen LogP contribution in [0.3, 0.4) is 0 Å². The minimum Gasteiger partial charge on any atom is -0.462 e.